The number of rotatable bonds is 7. The Kier molecular flexibility index (Phi) is 7.94. The number of piperidine rings is 1. The number of aliphatic imine (C=N–C) groups is 1. The second kappa shape index (κ2) is 9.81. The molecule has 1 aromatic heterocycles. The number of sulfonamides is 1. The third-order valence-corrected chi connectivity index (χ3v) is 6.58. The number of alkyl halides is 3. The third kappa shape index (κ3) is 6.09. The first-order valence-electron chi connectivity index (χ1n) is 9.27. The fraction of sp³-hybridized carbons (Fsp3) is 0.706. The smallest absolute Gasteiger partial charge is 0.468 e. The van der Waals surface area contributed by atoms with E-state index >= 15 is 0 Å². The van der Waals surface area contributed by atoms with Crippen molar-refractivity contribution in [1.82, 2.24) is 19.8 Å². The SMILES string of the molecule is CN=C(NCC1CCN(S(=O)(=O)C(F)(F)F)CC1)NCC(c1ccco1)N(C)C. The summed E-state index contributed by atoms with van der Waals surface area (Å²) >= 11 is 0. The first-order chi connectivity index (χ1) is 13.6. The molecule has 0 radical (unpaired) electrons. The maximum absolute atomic E-state index is 12.6. The average molecular weight is 440 g/mol. The Morgan fingerprint density at radius 3 is 2.48 bits per heavy atom. The maximum Gasteiger partial charge on any atom is 0.511 e. The number of nitrogens with zero attached hydrogens (tertiary/aromatic N) is 3. The molecular formula is C17H28F3N5O3S. The van der Waals surface area contributed by atoms with E-state index in [2.05, 4.69) is 15.6 Å². The molecule has 1 aromatic rings. The van der Waals surface area contributed by atoms with Gasteiger partial charge in [-0.25, -0.2) is 8.42 Å². The first-order valence-corrected chi connectivity index (χ1v) is 10.7. The van der Waals surface area contributed by atoms with Gasteiger partial charge in [0.05, 0.1) is 12.3 Å². The number of hydrogen-bond donors (Lipinski definition) is 2. The fourth-order valence-corrected chi connectivity index (χ4v) is 4.16. The monoisotopic (exact) mass is 439 g/mol. The highest BCUT2D eigenvalue weighted by atomic mass is 32.2. The van der Waals surface area contributed by atoms with Gasteiger partial charge in [-0.2, -0.15) is 17.5 Å². The zero-order chi connectivity index (χ0) is 21.7. The summed E-state index contributed by atoms with van der Waals surface area (Å²) in [5.41, 5.74) is -5.25. The van der Waals surface area contributed by atoms with Crippen LogP contribution in [0.2, 0.25) is 0 Å². The van der Waals surface area contributed by atoms with Crippen LogP contribution in [-0.4, -0.2) is 76.4 Å². The molecule has 2 heterocycles. The molecule has 1 unspecified atom stereocenters. The van der Waals surface area contributed by atoms with Gasteiger partial charge in [0, 0.05) is 33.2 Å². The van der Waals surface area contributed by atoms with Crippen molar-refractivity contribution in [2.24, 2.45) is 10.9 Å². The van der Waals surface area contributed by atoms with Gasteiger partial charge in [0.15, 0.2) is 5.96 Å². The maximum atomic E-state index is 12.6. The highest BCUT2D eigenvalue weighted by Crippen LogP contribution is 2.30. The molecule has 0 aromatic carbocycles. The van der Waals surface area contributed by atoms with Gasteiger partial charge in [0.1, 0.15) is 5.76 Å². The third-order valence-electron chi connectivity index (χ3n) is 4.95. The van der Waals surface area contributed by atoms with Crippen molar-refractivity contribution < 1.29 is 26.0 Å². The Morgan fingerprint density at radius 2 is 2.00 bits per heavy atom. The van der Waals surface area contributed by atoms with E-state index in [9.17, 15) is 21.6 Å². The molecule has 0 amide bonds. The normalized spacial score (nSPS) is 18.8. The van der Waals surface area contributed by atoms with Crippen LogP contribution in [0.1, 0.15) is 24.6 Å². The van der Waals surface area contributed by atoms with Crippen LogP contribution in [0.15, 0.2) is 27.8 Å². The van der Waals surface area contributed by atoms with Crippen LogP contribution in [0.25, 0.3) is 0 Å². The molecule has 2 rings (SSSR count). The summed E-state index contributed by atoms with van der Waals surface area (Å²) in [6.45, 7) is 0.762. The average Bonchev–Trinajstić information content (AvgIpc) is 3.18. The molecule has 1 aliphatic rings. The molecule has 12 heteroatoms. The molecule has 0 spiro atoms. The Hall–Kier alpha value is -1.79. The molecular weight excluding hydrogens is 411 g/mol. The summed E-state index contributed by atoms with van der Waals surface area (Å²) in [6, 6.07) is 3.72. The van der Waals surface area contributed by atoms with Gasteiger partial charge >= 0.3 is 15.5 Å². The van der Waals surface area contributed by atoms with Gasteiger partial charge < -0.3 is 15.1 Å². The van der Waals surface area contributed by atoms with E-state index in [0.29, 0.717) is 36.2 Å². The Balaban J connectivity index is 1.80. The van der Waals surface area contributed by atoms with Gasteiger partial charge in [-0.3, -0.25) is 9.89 Å². The van der Waals surface area contributed by atoms with Crippen molar-refractivity contribution >= 4 is 16.0 Å². The van der Waals surface area contributed by atoms with Crippen LogP contribution in [0.3, 0.4) is 0 Å². The van der Waals surface area contributed by atoms with Crippen LogP contribution in [0.5, 0.6) is 0 Å². The van der Waals surface area contributed by atoms with Crippen LogP contribution >= 0.6 is 0 Å². The number of nitrogens with one attached hydrogen (secondary N) is 2. The standard InChI is InChI=1S/C17H28F3N5O3S/c1-21-16(23-12-14(24(2)3)15-5-4-10-28-15)22-11-13-6-8-25(9-7-13)29(26,27)17(18,19)20/h4-5,10,13-14H,6-9,11-12H2,1-3H3,(H2,21,22,23). The second-order valence-corrected chi connectivity index (χ2v) is 9.05. The summed E-state index contributed by atoms with van der Waals surface area (Å²) in [6.07, 6.45) is 2.32. The van der Waals surface area contributed by atoms with Crippen molar-refractivity contribution in [2.45, 2.75) is 24.4 Å². The summed E-state index contributed by atoms with van der Waals surface area (Å²) in [7, 11) is 0.264. The van der Waals surface area contributed by atoms with Crippen molar-refractivity contribution in [3.05, 3.63) is 24.2 Å². The van der Waals surface area contributed by atoms with E-state index in [0.717, 1.165) is 5.76 Å². The molecule has 166 valence electrons. The van der Waals surface area contributed by atoms with E-state index in [4.69, 9.17) is 4.42 Å². The van der Waals surface area contributed by atoms with Crippen LogP contribution < -0.4 is 10.6 Å². The minimum atomic E-state index is -5.25. The summed E-state index contributed by atoms with van der Waals surface area (Å²) in [5.74, 6) is 1.44. The predicted molar refractivity (Wildman–Crippen MR) is 104 cm³/mol. The van der Waals surface area contributed by atoms with Gasteiger partial charge in [-0.1, -0.05) is 0 Å². The van der Waals surface area contributed by atoms with E-state index in [1.54, 1.807) is 13.3 Å². The molecule has 29 heavy (non-hydrogen) atoms. The van der Waals surface area contributed by atoms with E-state index in [1.807, 2.05) is 31.1 Å². The first kappa shape index (κ1) is 23.5. The molecule has 1 atom stereocenters. The quantitative estimate of drug-likeness (QED) is 0.496. The van der Waals surface area contributed by atoms with E-state index in [-0.39, 0.29) is 25.0 Å². The lowest BCUT2D eigenvalue weighted by molar-refractivity contribution is -0.0496. The molecule has 8 nitrogen and oxygen atoms in total. The summed E-state index contributed by atoms with van der Waals surface area (Å²) in [4.78, 5) is 6.17. The van der Waals surface area contributed by atoms with Gasteiger partial charge in [0.2, 0.25) is 0 Å². The van der Waals surface area contributed by atoms with Crippen molar-refractivity contribution in [3.8, 4) is 0 Å². The van der Waals surface area contributed by atoms with Crippen molar-refractivity contribution in [2.75, 3.05) is 47.3 Å². The largest absolute Gasteiger partial charge is 0.511 e. The van der Waals surface area contributed by atoms with Crippen LogP contribution in [0.4, 0.5) is 13.2 Å². The van der Waals surface area contributed by atoms with Crippen LogP contribution in [-0.2, 0) is 10.0 Å². The predicted octanol–water partition coefficient (Wildman–Crippen LogP) is 1.61. The number of likely N-dealkylation sites (N-methyl/N-ethyl adjacent to an activating group) is 1. The Labute approximate surface area is 169 Å². The Bertz CT molecular complexity index is 758. The second-order valence-electron chi connectivity index (χ2n) is 7.12. The van der Waals surface area contributed by atoms with Crippen molar-refractivity contribution in [3.63, 3.8) is 0 Å². The summed E-state index contributed by atoms with van der Waals surface area (Å²) in [5, 5.41) is 6.38. The molecule has 0 saturated carbocycles. The topological polar surface area (TPSA) is 90.2 Å². The van der Waals surface area contributed by atoms with Crippen LogP contribution in [0, 0.1) is 5.92 Å². The van der Waals surface area contributed by atoms with Gasteiger partial charge in [-0.15, -0.1) is 0 Å². The number of hydrogen-bond acceptors (Lipinski definition) is 5. The molecule has 1 aliphatic heterocycles. The van der Waals surface area contributed by atoms with Gasteiger partial charge in [0.25, 0.3) is 0 Å². The molecule has 0 aliphatic carbocycles. The minimum Gasteiger partial charge on any atom is -0.468 e. The molecule has 2 N–H and O–H groups in total. The lowest BCUT2D eigenvalue weighted by Crippen LogP contribution is -2.47. The van der Waals surface area contributed by atoms with E-state index < -0.39 is 15.5 Å². The fourth-order valence-electron chi connectivity index (χ4n) is 3.17. The highest BCUT2D eigenvalue weighted by molar-refractivity contribution is 7.90. The minimum absolute atomic E-state index is 0.000589. The van der Waals surface area contributed by atoms with Gasteiger partial charge in [-0.05, 0) is 45.0 Å². The lowest BCUT2D eigenvalue weighted by Gasteiger charge is -2.32. The number of guanidine groups is 1. The zero-order valence-electron chi connectivity index (χ0n) is 16.7. The Morgan fingerprint density at radius 1 is 1.34 bits per heavy atom. The lowest BCUT2D eigenvalue weighted by atomic mass is 9.98. The van der Waals surface area contributed by atoms with Crippen molar-refractivity contribution in [1.29, 1.82) is 0 Å². The molecule has 1 fully saturated rings. The van der Waals surface area contributed by atoms with E-state index in [1.165, 1.54) is 0 Å². The summed E-state index contributed by atoms with van der Waals surface area (Å²) < 4.78 is 66.9. The number of furan rings is 1. The number of halogens is 3. The zero-order valence-corrected chi connectivity index (χ0v) is 17.6. The highest BCUT2D eigenvalue weighted by Gasteiger charge is 2.50. The molecule has 1 saturated heterocycles. The molecule has 0 bridgehead atoms.